The zero-order chi connectivity index (χ0) is 23.8. The van der Waals surface area contributed by atoms with Gasteiger partial charge < -0.3 is 14.9 Å². The van der Waals surface area contributed by atoms with E-state index in [0.29, 0.717) is 0 Å². The fourth-order valence-corrected chi connectivity index (χ4v) is 6.11. The van der Waals surface area contributed by atoms with Gasteiger partial charge in [-0.3, -0.25) is 9.59 Å². The first-order chi connectivity index (χ1) is 14.7. The second kappa shape index (κ2) is 7.44. The van der Waals surface area contributed by atoms with Crippen LogP contribution in [0.1, 0.15) is 67.7 Å². The largest absolute Gasteiger partial charge is 0.508 e. The number of carbonyl (C=O) groups excluding carboxylic acids is 2. The molecule has 4 atom stereocenters. The average molecular weight is 524 g/mol. The molecule has 7 heteroatoms. The number of hydrogen-bond donors (Lipinski definition) is 2. The summed E-state index contributed by atoms with van der Waals surface area (Å²) in [7, 11) is 0. The molecule has 1 aromatic rings. The van der Waals surface area contributed by atoms with Crippen molar-refractivity contribution in [3.05, 3.63) is 47.1 Å². The number of phenols is 2. The molecule has 1 fully saturated rings. The number of benzene rings is 1. The van der Waals surface area contributed by atoms with Gasteiger partial charge in [0, 0.05) is 22.0 Å². The summed E-state index contributed by atoms with van der Waals surface area (Å²) in [5.74, 6) is -1.81. The summed E-state index contributed by atoms with van der Waals surface area (Å²) in [4.78, 5) is 27.9. The molecule has 1 aromatic carbocycles. The maximum Gasteiger partial charge on any atom is 0.200 e. The third kappa shape index (κ3) is 3.29. The average Bonchev–Trinajstić information content (AvgIpc) is 2.68. The van der Waals surface area contributed by atoms with E-state index in [4.69, 9.17) is 16.3 Å². The smallest absolute Gasteiger partial charge is 0.200 e. The van der Waals surface area contributed by atoms with Crippen molar-refractivity contribution in [3.63, 3.8) is 0 Å². The van der Waals surface area contributed by atoms with Crippen LogP contribution in [0.5, 0.6) is 11.5 Å². The Morgan fingerprint density at radius 2 is 1.88 bits per heavy atom. The molecule has 1 saturated carbocycles. The first-order valence-electron chi connectivity index (χ1n) is 10.8. The van der Waals surface area contributed by atoms with Gasteiger partial charge in [0.1, 0.15) is 11.5 Å². The number of fused-ring (bicyclic) bond motifs is 2. The second-order valence-electron chi connectivity index (χ2n) is 10.3. The van der Waals surface area contributed by atoms with Gasteiger partial charge in [-0.2, -0.15) is 0 Å². The molecule has 0 aromatic heterocycles. The third-order valence-corrected chi connectivity index (χ3v) is 9.73. The van der Waals surface area contributed by atoms with E-state index in [-0.39, 0.29) is 45.0 Å². The number of aromatic hydroxyl groups is 2. The summed E-state index contributed by atoms with van der Waals surface area (Å²) in [6.07, 6.45) is 3.57. The maximum absolute atomic E-state index is 14.1. The zero-order valence-corrected chi connectivity index (χ0v) is 21.0. The molecule has 5 nitrogen and oxygen atoms in total. The number of alkyl halides is 2. The number of rotatable bonds is 2. The normalized spacial score (nSPS) is 33.4. The lowest BCUT2D eigenvalue weighted by Gasteiger charge is -2.52. The summed E-state index contributed by atoms with van der Waals surface area (Å²) in [6, 6.07) is 2.29. The van der Waals surface area contributed by atoms with Crippen molar-refractivity contribution in [2.75, 3.05) is 0 Å². The van der Waals surface area contributed by atoms with Crippen molar-refractivity contribution < 1.29 is 24.5 Å². The fourth-order valence-electron chi connectivity index (χ4n) is 5.39. The highest BCUT2D eigenvalue weighted by molar-refractivity contribution is 9.09. The molecule has 0 saturated heterocycles. The van der Waals surface area contributed by atoms with E-state index in [0.717, 1.165) is 24.5 Å². The Morgan fingerprint density at radius 3 is 2.53 bits per heavy atom. The molecule has 32 heavy (non-hydrogen) atoms. The number of phenolic OH excluding ortho intramolecular Hbond substituents is 2. The highest BCUT2D eigenvalue weighted by Crippen LogP contribution is 2.55. The Hall–Kier alpha value is -1.63. The molecule has 0 radical (unpaired) electrons. The van der Waals surface area contributed by atoms with Crippen molar-refractivity contribution in [2.45, 2.75) is 68.4 Å². The van der Waals surface area contributed by atoms with E-state index >= 15 is 0 Å². The number of ketones is 2. The van der Waals surface area contributed by atoms with Crippen LogP contribution in [0.3, 0.4) is 0 Å². The van der Waals surface area contributed by atoms with E-state index in [2.05, 4.69) is 36.4 Å². The first kappa shape index (κ1) is 23.5. The van der Waals surface area contributed by atoms with Crippen molar-refractivity contribution in [2.24, 2.45) is 11.3 Å². The van der Waals surface area contributed by atoms with Gasteiger partial charge in [-0.15, -0.1) is 11.6 Å². The van der Waals surface area contributed by atoms with Crippen LogP contribution in [0.15, 0.2) is 35.9 Å². The van der Waals surface area contributed by atoms with Crippen LogP contribution in [-0.2, 0) is 4.74 Å². The molecule has 4 rings (SSSR count). The van der Waals surface area contributed by atoms with E-state index in [9.17, 15) is 19.8 Å². The quantitative estimate of drug-likeness (QED) is 0.383. The first-order valence-corrected chi connectivity index (χ1v) is 12.1. The van der Waals surface area contributed by atoms with Crippen molar-refractivity contribution in [1.29, 1.82) is 0 Å². The van der Waals surface area contributed by atoms with Crippen LogP contribution in [0.25, 0.3) is 0 Å². The highest BCUT2D eigenvalue weighted by Gasteiger charge is 2.60. The van der Waals surface area contributed by atoms with Gasteiger partial charge in [-0.05, 0) is 50.5 Å². The molecule has 2 aliphatic carbocycles. The van der Waals surface area contributed by atoms with Gasteiger partial charge in [0.15, 0.2) is 17.2 Å². The second-order valence-corrected chi connectivity index (χ2v) is 11.9. The minimum atomic E-state index is -1.59. The predicted molar refractivity (Wildman–Crippen MR) is 127 cm³/mol. The summed E-state index contributed by atoms with van der Waals surface area (Å²) in [5, 5.41) is 19.8. The van der Waals surface area contributed by atoms with Crippen LogP contribution in [0, 0.1) is 11.3 Å². The summed E-state index contributed by atoms with van der Waals surface area (Å²) in [6.45, 7) is 12.1. The minimum absolute atomic E-state index is 0.0388. The molecule has 4 unspecified atom stereocenters. The lowest BCUT2D eigenvalue weighted by molar-refractivity contribution is -0.116. The van der Waals surface area contributed by atoms with Gasteiger partial charge in [-0.1, -0.05) is 48.0 Å². The Kier molecular flexibility index (Phi) is 5.47. The minimum Gasteiger partial charge on any atom is -0.508 e. The van der Waals surface area contributed by atoms with Crippen LogP contribution < -0.4 is 0 Å². The molecule has 2 N–H and O–H groups in total. The molecule has 1 heterocycles. The number of carbonyl (C=O) groups is 2. The number of halogens is 2. The summed E-state index contributed by atoms with van der Waals surface area (Å²) >= 11 is 10.3. The van der Waals surface area contributed by atoms with E-state index in [1.165, 1.54) is 6.07 Å². The van der Waals surface area contributed by atoms with Gasteiger partial charge in [0.25, 0.3) is 0 Å². The highest BCUT2D eigenvalue weighted by atomic mass is 79.9. The molecule has 0 bridgehead atoms. The van der Waals surface area contributed by atoms with Gasteiger partial charge in [0.2, 0.25) is 0 Å². The Bertz CT molecular complexity index is 1070. The number of Topliss-reactive ketones (excluding diaryl/α,β-unsaturated/α-hetero) is 2. The van der Waals surface area contributed by atoms with Crippen molar-refractivity contribution >= 4 is 39.1 Å². The van der Waals surface area contributed by atoms with Gasteiger partial charge >= 0.3 is 0 Å². The van der Waals surface area contributed by atoms with Crippen molar-refractivity contribution in [3.8, 4) is 11.5 Å². The van der Waals surface area contributed by atoms with Crippen LogP contribution in [-0.4, -0.2) is 43.2 Å². The SMILES string of the molecule is C=C1CCC(Br)C(C)(C)C1CC12OC(C)(C)C(Cl)C=C1C(=O)c1c(O)cc(O)cc1C2=O. The maximum atomic E-state index is 14.1. The lowest BCUT2D eigenvalue weighted by Crippen LogP contribution is -2.60. The van der Waals surface area contributed by atoms with E-state index in [1.54, 1.807) is 19.9 Å². The lowest BCUT2D eigenvalue weighted by atomic mass is 9.59. The van der Waals surface area contributed by atoms with Crippen molar-refractivity contribution in [1.82, 2.24) is 0 Å². The molecule has 0 amide bonds. The molecule has 3 aliphatic rings. The monoisotopic (exact) mass is 522 g/mol. The van der Waals surface area contributed by atoms with Crippen LogP contribution >= 0.6 is 27.5 Å². The van der Waals surface area contributed by atoms with Crippen LogP contribution in [0.2, 0.25) is 0 Å². The van der Waals surface area contributed by atoms with Gasteiger partial charge in [0.05, 0.1) is 16.5 Å². The molecule has 1 aliphatic heterocycles. The third-order valence-electron chi connectivity index (χ3n) is 7.44. The summed E-state index contributed by atoms with van der Waals surface area (Å²) in [5.41, 5.74) is -1.76. The fraction of sp³-hybridized carbons (Fsp3) is 0.520. The Morgan fingerprint density at radius 1 is 1.22 bits per heavy atom. The number of ether oxygens (including phenoxy) is 1. The van der Waals surface area contributed by atoms with E-state index in [1.807, 2.05) is 0 Å². The molecular weight excluding hydrogens is 496 g/mol. The standard InChI is InChI=1S/C25H28BrClO5/c1-12-6-7-18(26)23(2,3)16(12)11-25-15(10-19(27)24(4,5)32-25)21(30)20-14(22(25)31)8-13(28)9-17(20)29/h8-10,16,18-19,28-29H,1,6-7,11H2,2-5H3. The number of hydrogen-bond acceptors (Lipinski definition) is 5. The number of allylic oxidation sites excluding steroid dienone is 1. The molecule has 172 valence electrons. The predicted octanol–water partition coefficient (Wildman–Crippen LogP) is 5.70. The topological polar surface area (TPSA) is 83.8 Å². The molecular formula is C25H28BrClO5. The summed E-state index contributed by atoms with van der Waals surface area (Å²) < 4.78 is 6.49. The zero-order valence-electron chi connectivity index (χ0n) is 18.7. The molecule has 0 spiro atoms. The van der Waals surface area contributed by atoms with Gasteiger partial charge in [-0.25, -0.2) is 0 Å². The Labute approximate surface area is 201 Å². The van der Waals surface area contributed by atoms with Crippen LogP contribution in [0.4, 0.5) is 0 Å². The Balaban J connectivity index is 1.95. The van der Waals surface area contributed by atoms with E-state index < -0.39 is 33.9 Å².